The van der Waals surface area contributed by atoms with E-state index in [0.29, 0.717) is 32.8 Å². The molecule has 1 fully saturated rings. The molecule has 0 bridgehead atoms. The molecule has 2 aromatic carbocycles. The van der Waals surface area contributed by atoms with Crippen molar-refractivity contribution in [1.29, 1.82) is 0 Å². The number of ether oxygens (including phenoxy) is 3. The Labute approximate surface area is 225 Å². The predicted molar refractivity (Wildman–Crippen MR) is 142 cm³/mol. The number of hydrogen-bond acceptors (Lipinski definition) is 8. The fourth-order valence-corrected chi connectivity index (χ4v) is 4.86. The van der Waals surface area contributed by atoms with Crippen molar-refractivity contribution in [2.45, 2.75) is 33.5 Å². The van der Waals surface area contributed by atoms with E-state index in [4.69, 9.17) is 14.2 Å². The molecular weight excluding hydrogens is 601 g/mol. The van der Waals surface area contributed by atoms with Gasteiger partial charge in [-0.2, -0.15) is 0 Å². The van der Waals surface area contributed by atoms with Gasteiger partial charge >= 0.3 is 11.9 Å². The number of amides is 2. The first-order valence-corrected chi connectivity index (χ1v) is 12.8. The summed E-state index contributed by atoms with van der Waals surface area (Å²) in [6, 6.07) is 9.92. The van der Waals surface area contributed by atoms with Gasteiger partial charge in [0.2, 0.25) is 0 Å². The van der Waals surface area contributed by atoms with Gasteiger partial charge in [0.1, 0.15) is 13.2 Å². The molecule has 0 aromatic heterocycles. The third kappa shape index (κ3) is 7.00. The zero-order valence-electron chi connectivity index (χ0n) is 19.8. The Balaban J connectivity index is 1.81. The van der Waals surface area contributed by atoms with Crippen LogP contribution in [0.3, 0.4) is 0 Å². The molecule has 36 heavy (non-hydrogen) atoms. The van der Waals surface area contributed by atoms with Crippen LogP contribution < -0.4 is 9.47 Å². The number of carboxylic acid groups (broad SMARTS) is 1. The van der Waals surface area contributed by atoms with Crippen LogP contribution >= 0.6 is 34.4 Å². The van der Waals surface area contributed by atoms with Crippen LogP contribution in [0.2, 0.25) is 0 Å². The molecule has 0 unspecified atom stereocenters. The molecule has 190 valence electrons. The summed E-state index contributed by atoms with van der Waals surface area (Å²) in [4.78, 5) is 49.2. The van der Waals surface area contributed by atoms with Crippen LogP contribution in [-0.4, -0.2) is 52.3 Å². The minimum Gasteiger partial charge on any atom is -0.490 e. The summed E-state index contributed by atoms with van der Waals surface area (Å²) < 4.78 is 17.4. The monoisotopic (exact) mass is 625 g/mol. The number of carbonyl (C=O) groups excluding carboxylic acids is 3. The summed E-state index contributed by atoms with van der Waals surface area (Å²) >= 11 is 2.83. The maximum absolute atomic E-state index is 12.7. The summed E-state index contributed by atoms with van der Waals surface area (Å²) in [7, 11) is 0. The zero-order chi connectivity index (χ0) is 26.4. The van der Waals surface area contributed by atoms with Crippen molar-refractivity contribution in [1.82, 2.24) is 4.90 Å². The van der Waals surface area contributed by atoms with Crippen LogP contribution in [0.5, 0.6) is 11.5 Å². The Kier molecular flexibility index (Phi) is 9.37. The Hall–Kier alpha value is -3.06. The molecule has 1 heterocycles. The van der Waals surface area contributed by atoms with E-state index in [0.717, 1.165) is 16.7 Å². The van der Waals surface area contributed by atoms with Crippen molar-refractivity contribution in [3.05, 3.63) is 61.6 Å². The van der Waals surface area contributed by atoms with Gasteiger partial charge in [-0.3, -0.25) is 19.3 Å². The quantitative estimate of drug-likeness (QED) is 0.222. The molecule has 2 amide bonds. The molecule has 11 heteroatoms. The average molecular weight is 625 g/mol. The molecule has 0 saturated carbocycles. The Bertz CT molecular complexity index is 1230. The van der Waals surface area contributed by atoms with Crippen LogP contribution in [-0.2, 0) is 20.9 Å². The summed E-state index contributed by atoms with van der Waals surface area (Å²) in [5.74, 6) is -1.34. The second-order valence-corrected chi connectivity index (χ2v) is 10.0. The first-order chi connectivity index (χ1) is 17.1. The molecule has 0 spiro atoms. The molecule has 0 atom stereocenters. The number of nitrogens with zero attached hydrogens (tertiary/aromatic N) is 1. The van der Waals surface area contributed by atoms with Gasteiger partial charge in [-0.1, -0.05) is 12.1 Å². The molecule has 3 rings (SSSR count). The average Bonchev–Trinajstić information content (AvgIpc) is 3.05. The van der Waals surface area contributed by atoms with E-state index in [1.807, 2.05) is 6.92 Å². The van der Waals surface area contributed by atoms with Crippen molar-refractivity contribution in [2.75, 3.05) is 13.2 Å². The number of carbonyl (C=O) groups is 4. The van der Waals surface area contributed by atoms with E-state index < -0.39 is 29.6 Å². The number of benzene rings is 2. The lowest BCUT2D eigenvalue weighted by Gasteiger charge is -2.15. The molecule has 9 nitrogen and oxygen atoms in total. The number of aromatic carboxylic acids is 1. The smallest absolute Gasteiger partial charge is 0.335 e. The van der Waals surface area contributed by atoms with Crippen LogP contribution in [0, 0.1) is 3.57 Å². The van der Waals surface area contributed by atoms with E-state index in [9.17, 15) is 24.3 Å². The highest BCUT2D eigenvalue weighted by molar-refractivity contribution is 14.1. The standard InChI is InChI=1S/C25H24INO8S/c1-4-33-19-10-16(11-20-23(29)27(25(32)36-20)12-21(28)35-14(2)3)9-18(26)22(19)34-13-15-6-5-7-17(8-15)24(30)31/h5-11,14H,4,12-13H2,1-3H3,(H,30,31)/b20-11+. The van der Waals surface area contributed by atoms with E-state index in [2.05, 4.69) is 22.6 Å². The van der Waals surface area contributed by atoms with Gasteiger partial charge in [0.05, 0.1) is 26.7 Å². The lowest BCUT2D eigenvalue weighted by molar-refractivity contribution is -0.149. The first kappa shape index (κ1) is 27.5. The number of thioether (sulfide) groups is 1. The predicted octanol–water partition coefficient (Wildman–Crippen LogP) is 4.96. The Morgan fingerprint density at radius 2 is 1.92 bits per heavy atom. The largest absolute Gasteiger partial charge is 0.490 e. The van der Waals surface area contributed by atoms with E-state index in [1.54, 1.807) is 44.2 Å². The van der Waals surface area contributed by atoms with Crippen molar-refractivity contribution in [3.8, 4) is 11.5 Å². The van der Waals surface area contributed by atoms with Crippen molar-refractivity contribution in [2.24, 2.45) is 0 Å². The van der Waals surface area contributed by atoms with Gasteiger partial charge in [-0.25, -0.2) is 4.79 Å². The lowest BCUT2D eigenvalue weighted by atomic mass is 10.1. The Morgan fingerprint density at radius 3 is 2.58 bits per heavy atom. The molecule has 0 aliphatic carbocycles. The van der Waals surface area contributed by atoms with Crippen molar-refractivity contribution in [3.63, 3.8) is 0 Å². The van der Waals surface area contributed by atoms with Crippen molar-refractivity contribution >= 4 is 63.5 Å². The molecule has 2 aromatic rings. The number of imide groups is 1. The highest BCUT2D eigenvalue weighted by Gasteiger charge is 2.37. The van der Waals surface area contributed by atoms with Crippen LogP contribution in [0.4, 0.5) is 4.79 Å². The summed E-state index contributed by atoms with van der Waals surface area (Å²) in [6.45, 7) is 5.23. The van der Waals surface area contributed by atoms with Gasteiger partial charge in [-0.05, 0) is 96.6 Å². The normalized spacial score (nSPS) is 14.5. The second-order valence-electron chi connectivity index (χ2n) is 7.86. The molecule has 1 aliphatic heterocycles. The van der Waals surface area contributed by atoms with Crippen LogP contribution in [0.15, 0.2) is 41.3 Å². The number of hydrogen-bond donors (Lipinski definition) is 1. The van der Waals surface area contributed by atoms with Gasteiger partial charge in [0.15, 0.2) is 11.5 Å². The van der Waals surface area contributed by atoms with Crippen LogP contribution in [0.25, 0.3) is 6.08 Å². The van der Waals surface area contributed by atoms with Gasteiger partial charge in [0, 0.05) is 0 Å². The maximum Gasteiger partial charge on any atom is 0.335 e. The number of halogens is 1. The highest BCUT2D eigenvalue weighted by Crippen LogP contribution is 2.38. The fraction of sp³-hybridized carbons (Fsp3) is 0.280. The van der Waals surface area contributed by atoms with E-state index >= 15 is 0 Å². The summed E-state index contributed by atoms with van der Waals surface area (Å²) in [6.07, 6.45) is 1.21. The maximum atomic E-state index is 12.7. The molecule has 0 radical (unpaired) electrons. The summed E-state index contributed by atoms with van der Waals surface area (Å²) in [5, 5.41) is 8.64. The zero-order valence-corrected chi connectivity index (χ0v) is 22.8. The molecule has 1 saturated heterocycles. The van der Waals surface area contributed by atoms with Crippen LogP contribution in [0.1, 0.15) is 42.3 Å². The summed E-state index contributed by atoms with van der Waals surface area (Å²) in [5.41, 5.74) is 1.46. The minimum absolute atomic E-state index is 0.127. The SMILES string of the molecule is CCOc1cc(/C=C2/SC(=O)N(CC(=O)OC(C)C)C2=O)cc(I)c1OCc1cccc(C(=O)O)c1. The third-order valence-corrected chi connectivity index (χ3v) is 6.42. The second kappa shape index (κ2) is 12.3. The minimum atomic E-state index is -1.02. The van der Waals surface area contributed by atoms with E-state index in [-0.39, 0.29) is 23.2 Å². The molecular formula is C25H24INO8S. The number of rotatable bonds is 10. The fourth-order valence-electron chi connectivity index (χ4n) is 3.24. The highest BCUT2D eigenvalue weighted by atomic mass is 127. The number of carboxylic acids is 1. The molecule has 1 N–H and O–H groups in total. The van der Waals surface area contributed by atoms with E-state index in [1.165, 1.54) is 12.1 Å². The molecule has 1 aliphatic rings. The lowest BCUT2D eigenvalue weighted by Crippen LogP contribution is -2.35. The Morgan fingerprint density at radius 1 is 1.17 bits per heavy atom. The first-order valence-electron chi connectivity index (χ1n) is 10.9. The third-order valence-electron chi connectivity index (χ3n) is 4.71. The topological polar surface area (TPSA) is 119 Å². The van der Waals surface area contributed by atoms with Crippen molar-refractivity contribution < 1.29 is 38.5 Å². The number of esters is 1. The van der Waals surface area contributed by atoms with Gasteiger partial charge < -0.3 is 19.3 Å². The van der Waals surface area contributed by atoms with Gasteiger partial charge in [0.25, 0.3) is 11.1 Å². The van der Waals surface area contributed by atoms with Gasteiger partial charge in [-0.15, -0.1) is 0 Å².